The summed E-state index contributed by atoms with van der Waals surface area (Å²) in [7, 11) is 0. The molecule has 2 saturated heterocycles. The van der Waals surface area contributed by atoms with Crippen LogP contribution in [0.25, 0.3) is 16.8 Å². The Morgan fingerprint density at radius 1 is 1.16 bits per heavy atom. The molecule has 11 heteroatoms. The molecule has 0 radical (unpaired) electrons. The Morgan fingerprint density at radius 2 is 1.86 bits per heavy atom. The van der Waals surface area contributed by atoms with Gasteiger partial charge in [0.2, 0.25) is 0 Å². The summed E-state index contributed by atoms with van der Waals surface area (Å²) in [6.07, 6.45) is 3.55. The lowest BCUT2D eigenvalue weighted by Gasteiger charge is -2.40. The number of ether oxygens (including phenoxy) is 1. The van der Waals surface area contributed by atoms with Crippen LogP contribution in [0.2, 0.25) is 0 Å². The molecular weight excluding hydrogens is 577 g/mol. The summed E-state index contributed by atoms with van der Waals surface area (Å²) in [5.41, 5.74) is 5.77. The Morgan fingerprint density at radius 3 is 2.52 bits per heavy atom. The molecule has 4 aromatic rings. The van der Waals surface area contributed by atoms with Crippen molar-refractivity contribution in [3.8, 4) is 17.3 Å². The van der Waals surface area contributed by atoms with Gasteiger partial charge < -0.3 is 19.9 Å². The number of rotatable bonds is 5. The van der Waals surface area contributed by atoms with Crippen molar-refractivity contribution in [2.75, 3.05) is 36.4 Å². The van der Waals surface area contributed by atoms with Crippen LogP contribution in [0.4, 0.5) is 25.7 Å². The number of thiazole rings is 1. The number of pyridine rings is 1. The number of carbonyl (C=O) groups excluding carboxylic acids is 1. The SMILES string of the molecule is CCc1nn2c(C)cc(N3CCC4(CCN(C(=O)OC(C)(C)C)C4)CC3)cc2c1Nc1nc(-c2ccc(F)cc2)c(C#N)s1. The van der Waals surface area contributed by atoms with Gasteiger partial charge in [0.1, 0.15) is 28.1 Å². The Hall–Kier alpha value is -4.17. The molecule has 230 valence electrons. The van der Waals surface area contributed by atoms with E-state index in [4.69, 9.17) is 14.8 Å². The number of nitrogens with one attached hydrogen (secondary N) is 1. The molecule has 5 heterocycles. The molecule has 0 aliphatic carbocycles. The molecule has 1 N–H and O–H groups in total. The lowest BCUT2D eigenvalue weighted by molar-refractivity contribution is 0.0266. The van der Waals surface area contributed by atoms with Gasteiger partial charge in [-0.25, -0.2) is 18.7 Å². The van der Waals surface area contributed by atoms with E-state index in [0.29, 0.717) is 21.3 Å². The van der Waals surface area contributed by atoms with Crippen LogP contribution in [0.1, 0.15) is 63.2 Å². The van der Waals surface area contributed by atoms with Gasteiger partial charge in [0.15, 0.2) is 5.13 Å². The molecule has 0 atom stereocenters. The second-order valence-corrected chi connectivity index (χ2v) is 13.9. The van der Waals surface area contributed by atoms with Crippen LogP contribution in [0.5, 0.6) is 0 Å². The molecule has 2 aliphatic heterocycles. The number of benzene rings is 1. The zero-order valence-electron chi connectivity index (χ0n) is 25.9. The molecule has 1 amide bonds. The van der Waals surface area contributed by atoms with Gasteiger partial charge in [-0.05, 0) is 95.2 Å². The first-order chi connectivity index (χ1) is 21.0. The van der Waals surface area contributed by atoms with Crippen LogP contribution in [0.3, 0.4) is 0 Å². The van der Waals surface area contributed by atoms with Crippen LogP contribution >= 0.6 is 11.3 Å². The number of hydrogen-bond donors (Lipinski definition) is 1. The predicted molar refractivity (Wildman–Crippen MR) is 171 cm³/mol. The largest absolute Gasteiger partial charge is 0.444 e. The number of anilines is 3. The van der Waals surface area contributed by atoms with Crippen LogP contribution in [0, 0.1) is 29.5 Å². The van der Waals surface area contributed by atoms with Gasteiger partial charge in [-0.3, -0.25) is 0 Å². The fourth-order valence-electron chi connectivity index (χ4n) is 6.33. The third-order valence-electron chi connectivity index (χ3n) is 8.66. The number of aryl methyl sites for hydroxylation is 2. The Balaban J connectivity index is 1.23. The minimum absolute atomic E-state index is 0.136. The van der Waals surface area contributed by atoms with Crippen molar-refractivity contribution in [1.29, 1.82) is 5.26 Å². The van der Waals surface area contributed by atoms with E-state index < -0.39 is 5.60 Å². The molecule has 1 spiro atoms. The minimum atomic E-state index is -0.492. The average molecular weight is 616 g/mol. The first kappa shape index (κ1) is 29.9. The smallest absolute Gasteiger partial charge is 0.410 e. The van der Waals surface area contributed by atoms with Crippen molar-refractivity contribution in [2.45, 2.75) is 65.9 Å². The summed E-state index contributed by atoms with van der Waals surface area (Å²) < 4.78 is 21.1. The number of fused-ring (bicyclic) bond motifs is 1. The van der Waals surface area contributed by atoms with Crippen LogP contribution in [-0.4, -0.2) is 57.4 Å². The molecule has 1 aromatic carbocycles. The highest BCUT2D eigenvalue weighted by Crippen LogP contribution is 2.42. The number of aromatic nitrogens is 3. The number of nitrogens with zero attached hydrogens (tertiary/aromatic N) is 6. The van der Waals surface area contributed by atoms with E-state index in [1.54, 1.807) is 12.1 Å². The molecule has 44 heavy (non-hydrogen) atoms. The Bertz CT molecular complexity index is 1740. The lowest BCUT2D eigenvalue weighted by Crippen LogP contribution is -2.43. The molecule has 2 fully saturated rings. The first-order valence-electron chi connectivity index (χ1n) is 15.2. The highest BCUT2D eigenvalue weighted by Gasteiger charge is 2.43. The fraction of sp³-hybridized carbons (Fsp3) is 0.455. The van der Waals surface area contributed by atoms with Gasteiger partial charge in [0, 0.05) is 43.1 Å². The van der Waals surface area contributed by atoms with E-state index in [9.17, 15) is 14.4 Å². The number of likely N-dealkylation sites (tertiary alicyclic amines) is 1. The average Bonchev–Trinajstić information content (AvgIpc) is 3.69. The molecule has 0 unspecified atom stereocenters. The van der Waals surface area contributed by atoms with E-state index in [2.05, 4.69) is 42.3 Å². The summed E-state index contributed by atoms with van der Waals surface area (Å²) >= 11 is 1.28. The Labute approximate surface area is 261 Å². The van der Waals surface area contributed by atoms with Gasteiger partial charge in [0.05, 0.1) is 16.9 Å². The molecule has 2 aliphatic rings. The zero-order chi connectivity index (χ0) is 31.2. The van der Waals surface area contributed by atoms with Gasteiger partial charge in [-0.2, -0.15) is 10.4 Å². The van der Waals surface area contributed by atoms with Crippen molar-refractivity contribution in [3.05, 3.63) is 58.5 Å². The van der Waals surface area contributed by atoms with E-state index >= 15 is 0 Å². The molecular formula is C33H38FN7O2S. The van der Waals surface area contributed by atoms with Crippen LogP contribution < -0.4 is 10.2 Å². The standard InChI is InChI=1S/C33H38FN7O2S/c1-6-25-29(37-30-36-28(27(19-35)44-30)22-7-9-23(34)10-8-22)26-18-24(17-21(2)41(26)38-25)39-14-11-33(12-15-39)13-16-40(20-33)31(42)43-32(3,4)5/h7-10,17-18H,6,11-16,20H2,1-5H3,(H,36,37). The first-order valence-corrected chi connectivity index (χ1v) is 16.0. The topological polar surface area (TPSA) is 98.8 Å². The summed E-state index contributed by atoms with van der Waals surface area (Å²) in [4.78, 5) is 22.2. The normalized spacial score (nSPS) is 16.5. The molecule has 0 bridgehead atoms. The lowest BCUT2D eigenvalue weighted by atomic mass is 9.77. The molecule has 9 nitrogen and oxygen atoms in total. The number of amides is 1. The number of halogens is 1. The third-order valence-corrected chi connectivity index (χ3v) is 9.54. The van der Waals surface area contributed by atoms with Crippen molar-refractivity contribution >= 4 is 39.5 Å². The minimum Gasteiger partial charge on any atom is -0.444 e. The zero-order valence-corrected chi connectivity index (χ0v) is 26.7. The van der Waals surface area contributed by atoms with E-state index in [1.165, 1.54) is 23.5 Å². The summed E-state index contributed by atoms with van der Waals surface area (Å²) in [5.74, 6) is -0.333. The van der Waals surface area contributed by atoms with Gasteiger partial charge in [-0.1, -0.05) is 18.3 Å². The molecule has 6 rings (SSSR count). The summed E-state index contributed by atoms with van der Waals surface area (Å²) in [6, 6.07) is 12.6. The number of hydrogen-bond acceptors (Lipinski definition) is 8. The van der Waals surface area contributed by atoms with Gasteiger partial charge in [0.25, 0.3) is 0 Å². The summed E-state index contributed by atoms with van der Waals surface area (Å²) in [5, 5.41) is 18.8. The maximum absolute atomic E-state index is 13.5. The predicted octanol–water partition coefficient (Wildman–Crippen LogP) is 7.31. The Kier molecular flexibility index (Phi) is 7.74. The molecule has 0 saturated carbocycles. The van der Waals surface area contributed by atoms with Crippen LogP contribution in [-0.2, 0) is 11.2 Å². The fourth-order valence-corrected chi connectivity index (χ4v) is 7.12. The molecule has 3 aromatic heterocycles. The second-order valence-electron chi connectivity index (χ2n) is 12.9. The van der Waals surface area contributed by atoms with Gasteiger partial charge >= 0.3 is 6.09 Å². The maximum Gasteiger partial charge on any atom is 0.410 e. The highest BCUT2D eigenvalue weighted by molar-refractivity contribution is 7.16. The quantitative estimate of drug-likeness (QED) is 0.251. The third kappa shape index (κ3) is 5.83. The number of piperidine rings is 1. The van der Waals surface area contributed by atoms with Crippen molar-refractivity contribution in [3.63, 3.8) is 0 Å². The monoisotopic (exact) mass is 615 g/mol. The number of nitriles is 1. The van der Waals surface area contributed by atoms with Crippen molar-refractivity contribution in [2.24, 2.45) is 5.41 Å². The van der Waals surface area contributed by atoms with Crippen molar-refractivity contribution < 1.29 is 13.9 Å². The number of carbonyl (C=O) groups is 1. The van der Waals surface area contributed by atoms with E-state index in [0.717, 1.165) is 80.1 Å². The maximum atomic E-state index is 13.5. The van der Waals surface area contributed by atoms with Crippen molar-refractivity contribution in [1.82, 2.24) is 19.5 Å². The highest BCUT2D eigenvalue weighted by atomic mass is 32.1. The second kappa shape index (κ2) is 11.4. The van der Waals surface area contributed by atoms with E-state index in [-0.39, 0.29) is 17.3 Å². The van der Waals surface area contributed by atoms with Gasteiger partial charge in [-0.15, -0.1) is 0 Å². The van der Waals surface area contributed by atoms with E-state index in [1.807, 2.05) is 30.2 Å². The summed E-state index contributed by atoms with van der Waals surface area (Å²) in [6.45, 7) is 13.2. The van der Waals surface area contributed by atoms with Crippen LogP contribution in [0.15, 0.2) is 36.4 Å².